The van der Waals surface area contributed by atoms with Crippen LogP contribution in [0.5, 0.6) is 0 Å². The number of rotatable bonds is 2. The summed E-state index contributed by atoms with van der Waals surface area (Å²) in [7, 11) is 0. The first kappa shape index (κ1) is 9.71. The molecule has 0 bridgehead atoms. The van der Waals surface area contributed by atoms with E-state index in [1.165, 1.54) is 17.1 Å². The summed E-state index contributed by atoms with van der Waals surface area (Å²) in [5.41, 5.74) is 1.21. The molecule has 0 aliphatic heterocycles. The van der Waals surface area contributed by atoms with Crippen molar-refractivity contribution >= 4 is 11.0 Å². The molecule has 0 saturated carbocycles. The summed E-state index contributed by atoms with van der Waals surface area (Å²) in [6.07, 6.45) is 4.68. The van der Waals surface area contributed by atoms with Crippen LogP contribution in [-0.4, -0.2) is 24.7 Å². The monoisotopic (exact) mass is 227 g/mol. The van der Waals surface area contributed by atoms with Crippen LogP contribution in [0.1, 0.15) is 5.69 Å². The molecule has 3 heterocycles. The van der Waals surface area contributed by atoms with E-state index in [9.17, 15) is 4.79 Å². The van der Waals surface area contributed by atoms with Gasteiger partial charge >= 0.3 is 0 Å². The molecule has 0 atom stereocenters. The second-order valence-corrected chi connectivity index (χ2v) is 3.63. The smallest absolute Gasteiger partial charge is 0.264 e. The number of pyridine rings is 1. The zero-order valence-corrected chi connectivity index (χ0v) is 8.87. The van der Waals surface area contributed by atoms with E-state index in [0.29, 0.717) is 17.6 Å². The summed E-state index contributed by atoms with van der Waals surface area (Å²) in [6, 6.07) is 5.59. The minimum absolute atomic E-state index is 0.116. The maximum Gasteiger partial charge on any atom is 0.264 e. The maximum atomic E-state index is 12.0. The summed E-state index contributed by atoms with van der Waals surface area (Å²) in [5, 5.41) is 6.94. The second kappa shape index (κ2) is 3.82. The van der Waals surface area contributed by atoms with Crippen LogP contribution in [0.4, 0.5) is 0 Å². The van der Waals surface area contributed by atoms with Gasteiger partial charge in [0, 0.05) is 6.20 Å². The summed E-state index contributed by atoms with van der Waals surface area (Å²) in [6.45, 7) is 0.411. The van der Waals surface area contributed by atoms with Gasteiger partial charge in [-0.3, -0.25) is 19.4 Å². The molecule has 6 nitrogen and oxygen atoms in total. The molecular formula is C11H9N5O. The molecule has 0 radical (unpaired) electrons. The summed E-state index contributed by atoms with van der Waals surface area (Å²) in [4.78, 5) is 20.3. The van der Waals surface area contributed by atoms with Gasteiger partial charge in [-0.1, -0.05) is 6.07 Å². The Kier molecular flexibility index (Phi) is 2.18. The molecular weight excluding hydrogens is 218 g/mol. The van der Waals surface area contributed by atoms with E-state index in [1.807, 2.05) is 18.2 Å². The minimum atomic E-state index is -0.116. The number of nitrogens with one attached hydrogen (secondary N) is 1. The third-order valence-corrected chi connectivity index (χ3v) is 2.50. The molecule has 0 spiro atoms. The van der Waals surface area contributed by atoms with Gasteiger partial charge in [0.1, 0.15) is 11.7 Å². The van der Waals surface area contributed by atoms with E-state index in [4.69, 9.17) is 0 Å². The average Bonchev–Trinajstić information content (AvgIpc) is 2.83. The van der Waals surface area contributed by atoms with Crippen molar-refractivity contribution in [2.75, 3.05) is 0 Å². The molecule has 0 amide bonds. The zero-order chi connectivity index (χ0) is 11.7. The molecule has 1 N–H and O–H groups in total. The number of hydrogen-bond acceptors (Lipinski definition) is 4. The Balaban J connectivity index is 2.07. The Morgan fingerprint density at radius 3 is 3.06 bits per heavy atom. The minimum Gasteiger partial charge on any atom is -0.292 e. The number of H-pyrrole nitrogens is 1. The highest BCUT2D eigenvalue weighted by atomic mass is 16.1. The Morgan fingerprint density at radius 2 is 2.24 bits per heavy atom. The van der Waals surface area contributed by atoms with Gasteiger partial charge in [0.25, 0.3) is 5.56 Å². The molecule has 0 unspecified atom stereocenters. The lowest BCUT2D eigenvalue weighted by Crippen LogP contribution is -2.21. The van der Waals surface area contributed by atoms with Crippen LogP contribution in [0, 0.1) is 0 Å². The van der Waals surface area contributed by atoms with Gasteiger partial charge in [-0.15, -0.1) is 0 Å². The van der Waals surface area contributed by atoms with Crippen molar-refractivity contribution in [1.82, 2.24) is 24.7 Å². The van der Waals surface area contributed by atoms with Gasteiger partial charge in [0.2, 0.25) is 0 Å². The second-order valence-electron chi connectivity index (χ2n) is 3.63. The zero-order valence-electron chi connectivity index (χ0n) is 8.87. The molecule has 3 aromatic heterocycles. The molecule has 17 heavy (non-hydrogen) atoms. The van der Waals surface area contributed by atoms with E-state index in [0.717, 1.165) is 5.69 Å². The highest BCUT2D eigenvalue weighted by Crippen LogP contribution is 2.01. The molecule has 0 aliphatic rings. The van der Waals surface area contributed by atoms with Gasteiger partial charge in [-0.25, -0.2) is 4.98 Å². The fourth-order valence-corrected chi connectivity index (χ4v) is 1.65. The fourth-order valence-electron chi connectivity index (χ4n) is 1.65. The van der Waals surface area contributed by atoms with Gasteiger partial charge in [-0.05, 0) is 12.1 Å². The molecule has 0 aromatic carbocycles. The van der Waals surface area contributed by atoms with Crippen molar-refractivity contribution in [3.63, 3.8) is 0 Å². The van der Waals surface area contributed by atoms with Crippen molar-refractivity contribution in [2.45, 2.75) is 6.54 Å². The standard InChI is InChI=1S/C11H9N5O/c17-11-9-5-14-15-10(9)13-7-16(11)6-8-3-1-2-4-12-8/h1-5,7H,6H2,(H,14,15). The summed E-state index contributed by atoms with van der Waals surface area (Å²) < 4.78 is 1.51. The van der Waals surface area contributed by atoms with Crippen molar-refractivity contribution in [3.8, 4) is 0 Å². The lowest BCUT2D eigenvalue weighted by atomic mass is 10.3. The lowest BCUT2D eigenvalue weighted by molar-refractivity contribution is 0.729. The Bertz CT molecular complexity index is 700. The Morgan fingerprint density at radius 1 is 1.29 bits per heavy atom. The summed E-state index contributed by atoms with van der Waals surface area (Å²) >= 11 is 0. The van der Waals surface area contributed by atoms with Gasteiger partial charge < -0.3 is 0 Å². The molecule has 0 aliphatic carbocycles. The van der Waals surface area contributed by atoms with E-state index < -0.39 is 0 Å². The number of aromatic nitrogens is 5. The van der Waals surface area contributed by atoms with E-state index in [2.05, 4.69) is 20.2 Å². The van der Waals surface area contributed by atoms with Crippen LogP contribution < -0.4 is 5.56 Å². The first-order chi connectivity index (χ1) is 8.34. The fraction of sp³-hybridized carbons (Fsp3) is 0.0909. The molecule has 6 heteroatoms. The largest absolute Gasteiger partial charge is 0.292 e. The van der Waals surface area contributed by atoms with Crippen LogP contribution in [0.15, 0.2) is 41.7 Å². The normalized spacial score (nSPS) is 10.8. The van der Waals surface area contributed by atoms with Crippen molar-refractivity contribution in [2.24, 2.45) is 0 Å². The predicted octanol–water partition coefficient (Wildman–Crippen LogP) is 0.563. The first-order valence-electron chi connectivity index (χ1n) is 5.13. The summed E-state index contributed by atoms with van der Waals surface area (Å²) in [5.74, 6) is 0. The number of nitrogens with zero attached hydrogens (tertiary/aromatic N) is 4. The topological polar surface area (TPSA) is 76.5 Å². The van der Waals surface area contributed by atoms with E-state index in [1.54, 1.807) is 6.20 Å². The van der Waals surface area contributed by atoms with Crippen LogP contribution in [0.25, 0.3) is 11.0 Å². The van der Waals surface area contributed by atoms with Crippen LogP contribution in [0.2, 0.25) is 0 Å². The van der Waals surface area contributed by atoms with Crippen LogP contribution >= 0.6 is 0 Å². The highest BCUT2D eigenvalue weighted by Gasteiger charge is 2.05. The van der Waals surface area contributed by atoms with E-state index >= 15 is 0 Å². The Labute approximate surface area is 96.0 Å². The molecule has 84 valence electrons. The molecule has 3 aromatic rings. The van der Waals surface area contributed by atoms with Crippen molar-refractivity contribution in [1.29, 1.82) is 0 Å². The predicted molar refractivity (Wildman–Crippen MR) is 61.5 cm³/mol. The first-order valence-corrected chi connectivity index (χ1v) is 5.13. The highest BCUT2D eigenvalue weighted by molar-refractivity contribution is 5.71. The molecule has 0 saturated heterocycles. The van der Waals surface area contributed by atoms with Crippen LogP contribution in [0.3, 0.4) is 0 Å². The van der Waals surface area contributed by atoms with Gasteiger partial charge in [0.05, 0.1) is 18.4 Å². The van der Waals surface area contributed by atoms with Crippen LogP contribution in [-0.2, 0) is 6.54 Å². The van der Waals surface area contributed by atoms with Crippen molar-refractivity contribution < 1.29 is 0 Å². The average molecular weight is 227 g/mol. The third kappa shape index (κ3) is 1.69. The number of aromatic amines is 1. The quantitative estimate of drug-likeness (QED) is 0.694. The number of hydrogen-bond donors (Lipinski definition) is 1. The third-order valence-electron chi connectivity index (χ3n) is 2.50. The molecule has 3 rings (SSSR count). The Hall–Kier alpha value is -2.50. The lowest BCUT2D eigenvalue weighted by Gasteiger charge is -2.03. The van der Waals surface area contributed by atoms with Gasteiger partial charge in [-0.2, -0.15) is 5.10 Å². The van der Waals surface area contributed by atoms with Gasteiger partial charge in [0.15, 0.2) is 5.65 Å². The number of fused-ring (bicyclic) bond motifs is 1. The van der Waals surface area contributed by atoms with E-state index in [-0.39, 0.29) is 5.56 Å². The maximum absolute atomic E-state index is 12.0. The molecule has 0 fully saturated rings. The van der Waals surface area contributed by atoms with Crippen molar-refractivity contribution in [3.05, 3.63) is 53.0 Å². The SMILES string of the molecule is O=c1c2cn[nH]c2ncn1Cc1ccccn1.